The Morgan fingerprint density at radius 1 is 1.30 bits per heavy atom. The van der Waals surface area contributed by atoms with Crippen LogP contribution in [0.3, 0.4) is 0 Å². The maximum absolute atomic E-state index is 14.1. The molecule has 1 aliphatic heterocycles. The first-order valence-corrected chi connectivity index (χ1v) is 9.01. The molecule has 1 aliphatic rings. The molecule has 27 heavy (non-hydrogen) atoms. The lowest BCUT2D eigenvalue weighted by atomic mass is 9.91. The molecule has 9 heteroatoms. The zero-order chi connectivity index (χ0) is 19.8. The minimum Gasteiger partial charge on any atom is -0.340 e. The number of carbonyl (C=O) groups is 3. The van der Waals surface area contributed by atoms with Gasteiger partial charge in [0.2, 0.25) is 5.91 Å². The highest BCUT2D eigenvalue weighted by atomic mass is 32.1. The number of imide groups is 1. The molecule has 4 amide bonds. The number of amides is 4. The van der Waals surface area contributed by atoms with Gasteiger partial charge in [-0.2, -0.15) is 11.3 Å². The number of nitrogens with zero attached hydrogens (tertiary/aromatic N) is 2. The fourth-order valence-corrected chi connectivity index (χ4v) is 3.56. The number of benzene rings is 1. The van der Waals surface area contributed by atoms with Gasteiger partial charge in [0.1, 0.15) is 23.7 Å². The van der Waals surface area contributed by atoms with Crippen molar-refractivity contribution in [2.75, 3.05) is 13.6 Å². The average molecular weight is 393 g/mol. The SMILES string of the molecule is CN(Cc1ccsc1)C(=O)CN1C(=O)NC(C)(c2cc(F)ccc2F)C1=O. The summed E-state index contributed by atoms with van der Waals surface area (Å²) in [5.74, 6) is -2.82. The van der Waals surface area contributed by atoms with Crippen LogP contribution < -0.4 is 5.32 Å². The van der Waals surface area contributed by atoms with E-state index in [2.05, 4.69) is 5.32 Å². The van der Waals surface area contributed by atoms with E-state index < -0.39 is 41.6 Å². The Morgan fingerprint density at radius 3 is 2.70 bits per heavy atom. The molecule has 0 radical (unpaired) electrons. The maximum Gasteiger partial charge on any atom is 0.325 e. The normalized spacial score (nSPS) is 19.3. The number of nitrogens with one attached hydrogen (secondary N) is 1. The van der Waals surface area contributed by atoms with E-state index in [1.54, 1.807) is 7.05 Å². The molecular formula is C18H17F2N3O3S. The number of carbonyl (C=O) groups excluding carboxylic acids is 3. The molecule has 1 aromatic carbocycles. The Bertz CT molecular complexity index is 903. The fraction of sp³-hybridized carbons (Fsp3) is 0.278. The van der Waals surface area contributed by atoms with Crippen molar-refractivity contribution in [3.63, 3.8) is 0 Å². The van der Waals surface area contributed by atoms with E-state index in [0.717, 1.165) is 28.7 Å². The molecule has 0 bridgehead atoms. The van der Waals surface area contributed by atoms with E-state index in [9.17, 15) is 23.2 Å². The number of likely N-dealkylation sites (N-methyl/N-ethyl adjacent to an activating group) is 1. The van der Waals surface area contributed by atoms with Gasteiger partial charge in [-0.05, 0) is 47.5 Å². The van der Waals surface area contributed by atoms with Crippen LogP contribution in [0.2, 0.25) is 0 Å². The third kappa shape index (κ3) is 3.55. The lowest BCUT2D eigenvalue weighted by molar-refractivity contribution is -0.138. The molecule has 3 rings (SSSR count). The lowest BCUT2D eigenvalue weighted by Crippen LogP contribution is -2.44. The van der Waals surface area contributed by atoms with Gasteiger partial charge < -0.3 is 10.2 Å². The first-order chi connectivity index (χ1) is 12.7. The lowest BCUT2D eigenvalue weighted by Gasteiger charge is -2.23. The van der Waals surface area contributed by atoms with Gasteiger partial charge in [-0.25, -0.2) is 13.6 Å². The van der Waals surface area contributed by atoms with Gasteiger partial charge in [0, 0.05) is 19.2 Å². The fourth-order valence-electron chi connectivity index (χ4n) is 2.90. The van der Waals surface area contributed by atoms with E-state index in [4.69, 9.17) is 0 Å². The summed E-state index contributed by atoms with van der Waals surface area (Å²) in [4.78, 5) is 39.5. The van der Waals surface area contributed by atoms with Gasteiger partial charge in [-0.1, -0.05) is 0 Å². The van der Waals surface area contributed by atoms with Crippen molar-refractivity contribution >= 4 is 29.2 Å². The van der Waals surface area contributed by atoms with E-state index in [0.29, 0.717) is 6.54 Å². The number of hydrogen-bond donors (Lipinski definition) is 1. The highest BCUT2D eigenvalue weighted by molar-refractivity contribution is 7.07. The maximum atomic E-state index is 14.1. The Labute approximate surface area is 158 Å². The second-order valence-electron chi connectivity index (χ2n) is 6.45. The van der Waals surface area contributed by atoms with Crippen molar-refractivity contribution in [3.05, 3.63) is 57.8 Å². The molecule has 142 valence electrons. The summed E-state index contributed by atoms with van der Waals surface area (Å²) < 4.78 is 27.7. The first kappa shape index (κ1) is 19.0. The average Bonchev–Trinajstić information content (AvgIpc) is 3.20. The number of hydrogen-bond acceptors (Lipinski definition) is 4. The number of urea groups is 1. The molecule has 0 aliphatic carbocycles. The summed E-state index contributed by atoms with van der Waals surface area (Å²) in [7, 11) is 1.56. The number of halogens is 2. The summed E-state index contributed by atoms with van der Waals surface area (Å²) in [5.41, 5.74) is -1.14. The molecule has 0 spiro atoms. The summed E-state index contributed by atoms with van der Waals surface area (Å²) in [6, 6.07) is 3.71. The van der Waals surface area contributed by atoms with Gasteiger partial charge in [0.25, 0.3) is 5.91 Å². The smallest absolute Gasteiger partial charge is 0.325 e. The minimum absolute atomic E-state index is 0.289. The predicted octanol–water partition coefficient (Wildman–Crippen LogP) is 2.45. The third-order valence-corrected chi connectivity index (χ3v) is 5.19. The van der Waals surface area contributed by atoms with Crippen LogP contribution >= 0.6 is 11.3 Å². The van der Waals surface area contributed by atoms with Gasteiger partial charge in [0.05, 0.1) is 0 Å². The monoisotopic (exact) mass is 393 g/mol. The zero-order valence-corrected chi connectivity index (χ0v) is 15.5. The van der Waals surface area contributed by atoms with Crippen molar-refractivity contribution in [2.45, 2.75) is 19.0 Å². The molecule has 1 fully saturated rings. The molecule has 2 aromatic rings. The molecule has 1 N–H and O–H groups in total. The summed E-state index contributed by atoms with van der Waals surface area (Å²) in [6.07, 6.45) is 0. The first-order valence-electron chi connectivity index (χ1n) is 8.07. The van der Waals surface area contributed by atoms with E-state index in [1.807, 2.05) is 16.8 Å². The van der Waals surface area contributed by atoms with Crippen molar-refractivity contribution in [3.8, 4) is 0 Å². The second kappa shape index (κ2) is 7.07. The zero-order valence-electron chi connectivity index (χ0n) is 14.7. The van der Waals surface area contributed by atoms with Crippen LogP contribution in [0.25, 0.3) is 0 Å². The van der Waals surface area contributed by atoms with Crippen molar-refractivity contribution < 1.29 is 23.2 Å². The molecule has 0 saturated carbocycles. The molecule has 1 atom stereocenters. The van der Waals surface area contributed by atoms with Crippen molar-refractivity contribution in [2.24, 2.45) is 0 Å². The van der Waals surface area contributed by atoms with E-state index in [-0.39, 0.29) is 5.56 Å². The molecule has 1 aromatic heterocycles. The Morgan fingerprint density at radius 2 is 2.04 bits per heavy atom. The van der Waals surface area contributed by atoms with Gasteiger partial charge in [0.15, 0.2) is 0 Å². The molecule has 1 unspecified atom stereocenters. The van der Waals surface area contributed by atoms with Crippen LogP contribution in [0.1, 0.15) is 18.1 Å². The van der Waals surface area contributed by atoms with E-state index >= 15 is 0 Å². The number of thiophene rings is 1. The van der Waals surface area contributed by atoms with Crippen LogP contribution in [0.5, 0.6) is 0 Å². The molecular weight excluding hydrogens is 376 g/mol. The molecule has 1 saturated heterocycles. The summed E-state index contributed by atoms with van der Waals surface area (Å²) in [5, 5.41) is 6.14. The summed E-state index contributed by atoms with van der Waals surface area (Å²) >= 11 is 1.49. The predicted molar refractivity (Wildman–Crippen MR) is 94.7 cm³/mol. The Hall–Kier alpha value is -2.81. The Balaban J connectivity index is 1.77. The van der Waals surface area contributed by atoms with Crippen LogP contribution in [0.15, 0.2) is 35.0 Å². The third-order valence-electron chi connectivity index (χ3n) is 4.46. The minimum atomic E-state index is -1.78. The highest BCUT2D eigenvalue weighted by Crippen LogP contribution is 2.31. The van der Waals surface area contributed by atoms with Crippen LogP contribution in [0.4, 0.5) is 13.6 Å². The molecule has 2 heterocycles. The topological polar surface area (TPSA) is 69.7 Å². The van der Waals surface area contributed by atoms with Crippen LogP contribution in [0, 0.1) is 11.6 Å². The van der Waals surface area contributed by atoms with Crippen molar-refractivity contribution in [1.29, 1.82) is 0 Å². The summed E-state index contributed by atoms with van der Waals surface area (Å²) in [6.45, 7) is 1.13. The highest BCUT2D eigenvalue weighted by Gasteiger charge is 2.51. The second-order valence-corrected chi connectivity index (χ2v) is 7.23. The Kier molecular flexibility index (Phi) is 4.97. The van der Waals surface area contributed by atoms with Crippen molar-refractivity contribution in [1.82, 2.24) is 15.1 Å². The largest absolute Gasteiger partial charge is 0.340 e. The number of rotatable bonds is 5. The van der Waals surface area contributed by atoms with Gasteiger partial charge in [-0.15, -0.1) is 0 Å². The quantitative estimate of drug-likeness (QED) is 0.794. The van der Waals surface area contributed by atoms with E-state index in [1.165, 1.54) is 23.2 Å². The van der Waals surface area contributed by atoms with Crippen LogP contribution in [-0.4, -0.2) is 41.2 Å². The van der Waals surface area contributed by atoms with Gasteiger partial charge >= 0.3 is 6.03 Å². The standard InChI is InChI=1S/C18H17F2N3O3S/c1-18(13-7-12(19)3-4-14(13)20)16(25)23(17(26)21-18)9-15(24)22(2)8-11-5-6-27-10-11/h3-7,10H,8-9H2,1-2H3,(H,21,26). The van der Waals surface area contributed by atoms with Crippen LogP contribution in [-0.2, 0) is 21.7 Å². The molecule has 6 nitrogen and oxygen atoms in total. The van der Waals surface area contributed by atoms with Gasteiger partial charge in [-0.3, -0.25) is 14.5 Å².